The first kappa shape index (κ1) is 26.1. The van der Waals surface area contributed by atoms with E-state index >= 15 is 0 Å². The number of nitrogens with zero attached hydrogens (tertiary/aromatic N) is 3. The first-order valence-electron chi connectivity index (χ1n) is 10.5. The lowest BCUT2D eigenvalue weighted by molar-refractivity contribution is -0.384. The molecule has 0 saturated heterocycles. The summed E-state index contributed by atoms with van der Waals surface area (Å²) < 4.78 is 47.9. The highest BCUT2D eigenvalue weighted by atomic mass is 35.5. The molecule has 0 bridgehead atoms. The molecule has 3 aromatic rings. The van der Waals surface area contributed by atoms with Gasteiger partial charge in [-0.25, -0.2) is 9.79 Å². The van der Waals surface area contributed by atoms with E-state index in [1.165, 1.54) is 31.2 Å². The third-order valence-electron chi connectivity index (χ3n) is 5.29. The monoisotopic (exact) mass is 553 g/mol. The van der Waals surface area contributed by atoms with Crippen molar-refractivity contribution in [2.75, 3.05) is 6.61 Å². The maximum absolute atomic E-state index is 14.1. The summed E-state index contributed by atoms with van der Waals surface area (Å²) in [5.41, 5.74) is -3.58. The van der Waals surface area contributed by atoms with Gasteiger partial charge in [0.1, 0.15) is 5.75 Å². The second kappa shape index (κ2) is 9.82. The van der Waals surface area contributed by atoms with Gasteiger partial charge >= 0.3 is 12.1 Å². The fraction of sp³-hybridized carbons (Fsp3) is 0.174. The third kappa shape index (κ3) is 5.00. The van der Waals surface area contributed by atoms with Crippen LogP contribution < -0.4 is 14.9 Å². The van der Waals surface area contributed by atoms with Crippen LogP contribution in [-0.4, -0.2) is 33.3 Å². The van der Waals surface area contributed by atoms with Crippen molar-refractivity contribution >= 4 is 40.7 Å². The van der Waals surface area contributed by atoms with Crippen LogP contribution in [-0.2, 0) is 9.53 Å². The van der Waals surface area contributed by atoms with Crippen molar-refractivity contribution in [2.24, 2.45) is 4.99 Å². The van der Waals surface area contributed by atoms with E-state index in [4.69, 9.17) is 16.3 Å². The van der Waals surface area contributed by atoms with E-state index in [9.17, 15) is 38.0 Å². The molecule has 2 heterocycles. The molecule has 0 amide bonds. The molecule has 1 atom stereocenters. The molecule has 0 fully saturated rings. The molecule has 0 saturated carbocycles. The highest BCUT2D eigenvalue weighted by Gasteiger charge is 2.45. The molecule has 1 aromatic heterocycles. The number of hydrogen-bond donors (Lipinski definition) is 1. The van der Waals surface area contributed by atoms with Crippen molar-refractivity contribution < 1.29 is 32.7 Å². The zero-order chi connectivity index (χ0) is 27.1. The summed E-state index contributed by atoms with van der Waals surface area (Å²) >= 11 is 6.49. The van der Waals surface area contributed by atoms with Gasteiger partial charge in [0, 0.05) is 22.7 Å². The van der Waals surface area contributed by atoms with E-state index in [2.05, 4.69) is 4.99 Å². The Kier molecular flexibility index (Phi) is 6.93. The Hall–Kier alpha value is -3.97. The number of aromatic hydroxyl groups is 1. The van der Waals surface area contributed by atoms with Crippen LogP contribution in [0.3, 0.4) is 0 Å². The Morgan fingerprint density at radius 2 is 1.97 bits per heavy atom. The minimum Gasteiger partial charge on any atom is -0.507 e. The normalized spacial score (nSPS) is 15.8. The van der Waals surface area contributed by atoms with E-state index in [1.54, 1.807) is 0 Å². The number of ether oxygens (including phenoxy) is 1. The SMILES string of the molecule is CCOC(=O)C1=C(C(F)(F)F)N=c2s/c(=C\c3cc([N+](=O)[O-])ccc3O)c(=O)n2[C@@H]1c1ccc(Cl)cc1. The van der Waals surface area contributed by atoms with Crippen LogP contribution in [0.5, 0.6) is 5.75 Å². The number of esters is 1. The number of aromatic nitrogens is 1. The molecule has 14 heteroatoms. The lowest BCUT2D eigenvalue weighted by Gasteiger charge is -2.26. The zero-order valence-corrected chi connectivity index (χ0v) is 20.2. The number of alkyl halides is 3. The number of phenols is 1. The quantitative estimate of drug-likeness (QED) is 0.292. The maximum atomic E-state index is 14.1. The Morgan fingerprint density at radius 1 is 1.30 bits per heavy atom. The van der Waals surface area contributed by atoms with Crippen molar-refractivity contribution in [1.29, 1.82) is 0 Å². The van der Waals surface area contributed by atoms with Gasteiger partial charge in [-0.1, -0.05) is 35.1 Å². The molecule has 4 rings (SSSR count). The fourth-order valence-electron chi connectivity index (χ4n) is 3.71. The number of hydrogen-bond acceptors (Lipinski definition) is 8. The number of fused-ring (bicyclic) bond motifs is 1. The Labute approximate surface area is 214 Å². The number of benzene rings is 2. The third-order valence-corrected chi connectivity index (χ3v) is 6.52. The van der Waals surface area contributed by atoms with Crippen molar-refractivity contribution in [2.45, 2.75) is 19.1 Å². The minimum absolute atomic E-state index is 0.108. The average molecular weight is 554 g/mol. The van der Waals surface area contributed by atoms with Crippen LogP contribution in [0.25, 0.3) is 6.08 Å². The van der Waals surface area contributed by atoms with Gasteiger partial charge in [-0.05, 0) is 36.8 Å². The van der Waals surface area contributed by atoms with Crippen LogP contribution in [0.2, 0.25) is 5.02 Å². The Morgan fingerprint density at radius 3 is 2.57 bits per heavy atom. The number of carbonyl (C=O) groups is 1. The predicted octanol–water partition coefficient (Wildman–Crippen LogP) is 3.61. The van der Waals surface area contributed by atoms with Gasteiger partial charge in [0.25, 0.3) is 11.2 Å². The average Bonchev–Trinajstić information content (AvgIpc) is 3.14. The number of thiazole rings is 1. The molecule has 9 nitrogen and oxygen atoms in total. The highest BCUT2D eigenvalue weighted by molar-refractivity contribution is 7.07. The molecule has 0 unspecified atom stereocenters. The molecule has 2 aromatic carbocycles. The van der Waals surface area contributed by atoms with Gasteiger partial charge in [0.15, 0.2) is 10.5 Å². The topological polar surface area (TPSA) is 124 Å². The fourth-order valence-corrected chi connectivity index (χ4v) is 4.83. The largest absolute Gasteiger partial charge is 0.507 e. The number of rotatable bonds is 5. The summed E-state index contributed by atoms with van der Waals surface area (Å²) in [6.07, 6.45) is -3.97. The number of allylic oxidation sites excluding steroid dienone is 1. The Balaban J connectivity index is 2.05. The number of non-ortho nitro benzene ring substituents is 1. The molecular weight excluding hydrogens is 539 g/mol. The second-order valence-corrected chi connectivity index (χ2v) is 9.06. The van der Waals surface area contributed by atoms with E-state index in [1.807, 2.05) is 0 Å². The van der Waals surface area contributed by atoms with E-state index in [-0.39, 0.29) is 37.8 Å². The van der Waals surface area contributed by atoms with Gasteiger partial charge < -0.3 is 9.84 Å². The number of halogens is 4. The second-order valence-electron chi connectivity index (χ2n) is 7.62. The van der Waals surface area contributed by atoms with Gasteiger partial charge in [0.2, 0.25) is 0 Å². The summed E-state index contributed by atoms with van der Waals surface area (Å²) in [5.74, 6) is -1.70. The molecule has 0 radical (unpaired) electrons. The number of nitro benzene ring substituents is 1. The zero-order valence-electron chi connectivity index (χ0n) is 18.7. The van der Waals surface area contributed by atoms with Crippen LogP contribution in [0.4, 0.5) is 18.9 Å². The molecule has 0 spiro atoms. The summed E-state index contributed by atoms with van der Waals surface area (Å²) in [7, 11) is 0. The number of nitro groups is 1. The lowest BCUT2D eigenvalue weighted by Crippen LogP contribution is -2.41. The standard InChI is InChI=1S/C23H15ClF3N3O6S/c1-2-36-21(33)17-18(11-3-5-13(24)6-4-11)29-20(32)16(37-22(29)28-19(17)23(25,26)27)10-12-9-14(30(34)35)7-8-15(12)31/h3-10,18,31H,2H2,1H3/b16-10-/t18-/m1/s1. The van der Waals surface area contributed by atoms with Gasteiger partial charge in [-0.15, -0.1) is 0 Å². The molecule has 1 N–H and O–H groups in total. The van der Waals surface area contributed by atoms with Crippen molar-refractivity contribution in [3.05, 3.63) is 99.7 Å². The van der Waals surface area contributed by atoms with Crippen LogP contribution in [0.1, 0.15) is 24.1 Å². The molecule has 1 aliphatic heterocycles. The molecular formula is C23H15ClF3N3O6S. The minimum atomic E-state index is -5.07. The molecule has 0 aliphatic carbocycles. The van der Waals surface area contributed by atoms with Crippen molar-refractivity contribution in [3.8, 4) is 5.75 Å². The first-order valence-corrected chi connectivity index (χ1v) is 11.6. The number of carbonyl (C=O) groups excluding carboxylic acids is 1. The van der Waals surface area contributed by atoms with Gasteiger partial charge in [0.05, 0.1) is 27.7 Å². The summed E-state index contributed by atoms with van der Waals surface area (Å²) in [4.78, 5) is 39.9. The van der Waals surface area contributed by atoms with Crippen molar-refractivity contribution in [3.63, 3.8) is 0 Å². The van der Waals surface area contributed by atoms with Crippen molar-refractivity contribution in [1.82, 2.24) is 4.57 Å². The first-order chi connectivity index (χ1) is 17.4. The van der Waals surface area contributed by atoms with E-state index in [0.717, 1.165) is 28.8 Å². The highest BCUT2D eigenvalue weighted by Crippen LogP contribution is 2.38. The lowest BCUT2D eigenvalue weighted by atomic mass is 9.95. The summed E-state index contributed by atoms with van der Waals surface area (Å²) in [5, 5.41) is 21.5. The van der Waals surface area contributed by atoms with Gasteiger partial charge in [-0.3, -0.25) is 19.5 Å². The molecule has 37 heavy (non-hydrogen) atoms. The van der Waals surface area contributed by atoms with Crippen LogP contribution in [0.15, 0.2) is 63.5 Å². The van der Waals surface area contributed by atoms with E-state index in [0.29, 0.717) is 11.3 Å². The molecule has 1 aliphatic rings. The van der Waals surface area contributed by atoms with E-state index < -0.39 is 45.7 Å². The maximum Gasteiger partial charge on any atom is 0.434 e. The van der Waals surface area contributed by atoms with Crippen LogP contribution >= 0.6 is 22.9 Å². The van der Waals surface area contributed by atoms with Gasteiger partial charge in [-0.2, -0.15) is 13.2 Å². The Bertz CT molecular complexity index is 1630. The van der Waals surface area contributed by atoms with Crippen LogP contribution in [0, 0.1) is 10.1 Å². The number of phenolic OH excluding ortho intramolecular Hbond substituents is 1. The molecule has 192 valence electrons. The summed E-state index contributed by atoms with van der Waals surface area (Å²) in [6.45, 7) is 1.20. The summed E-state index contributed by atoms with van der Waals surface area (Å²) in [6, 6.07) is 7.08. The smallest absolute Gasteiger partial charge is 0.434 e. The predicted molar refractivity (Wildman–Crippen MR) is 127 cm³/mol.